The van der Waals surface area contributed by atoms with Gasteiger partial charge < -0.3 is 9.84 Å². The van der Waals surface area contributed by atoms with E-state index in [9.17, 15) is 13.2 Å². The van der Waals surface area contributed by atoms with Crippen molar-refractivity contribution >= 4 is 0 Å². The zero-order valence-electron chi connectivity index (χ0n) is 9.98. The third kappa shape index (κ3) is 3.05. The van der Waals surface area contributed by atoms with Crippen LogP contribution in [0, 0.1) is 0 Å². The number of aryl methyl sites for hydroxylation is 1. The van der Waals surface area contributed by atoms with E-state index in [1.165, 1.54) is 29.2 Å². The van der Waals surface area contributed by atoms with E-state index in [1.54, 1.807) is 7.05 Å². The number of benzene rings is 1. The second-order valence-corrected chi connectivity index (χ2v) is 3.94. The van der Waals surface area contributed by atoms with E-state index in [1.807, 2.05) is 0 Å². The number of rotatable bonds is 3. The number of aromatic nitrogens is 2. The van der Waals surface area contributed by atoms with Crippen LogP contribution >= 0.6 is 0 Å². The first-order valence-corrected chi connectivity index (χ1v) is 5.37. The van der Waals surface area contributed by atoms with Gasteiger partial charge in [0.15, 0.2) is 5.75 Å². The Morgan fingerprint density at radius 2 is 2.11 bits per heavy atom. The van der Waals surface area contributed by atoms with Crippen molar-refractivity contribution in [2.24, 2.45) is 7.05 Å². The fourth-order valence-corrected chi connectivity index (χ4v) is 1.56. The normalized spacial score (nSPS) is 11.6. The molecule has 0 radical (unpaired) electrons. The molecule has 0 unspecified atom stereocenters. The van der Waals surface area contributed by atoms with Crippen LogP contribution in [-0.4, -0.2) is 14.9 Å². The minimum atomic E-state index is -4.55. The summed E-state index contributed by atoms with van der Waals surface area (Å²) in [4.78, 5) is 0. The van der Waals surface area contributed by atoms with Gasteiger partial charge in [-0.2, -0.15) is 18.3 Å². The summed E-state index contributed by atoms with van der Waals surface area (Å²) in [7, 11) is 1.63. The molecule has 2 rings (SSSR count). The Morgan fingerprint density at radius 1 is 1.37 bits per heavy atom. The van der Waals surface area contributed by atoms with Gasteiger partial charge in [0, 0.05) is 7.05 Å². The summed E-state index contributed by atoms with van der Waals surface area (Å²) in [6.07, 6.45) is -1.77. The molecule has 0 bridgehead atoms. The van der Waals surface area contributed by atoms with Crippen LogP contribution in [0.25, 0.3) is 0 Å². The Morgan fingerprint density at radius 3 is 2.63 bits per heavy atom. The van der Waals surface area contributed by atoms with Crippen molar-refractivity contribution in [2.45, 2.75) is 12.8 Å². The summed E-state index contributed by atoms with van der Waals surface area (Å²) in [5.41, 5.74) is -0.756. The monoisotopic (exact) mass is 272 g/mol. The van der Waals surface area contributed by atoms with Crippen LogP contribution in [-0.2, 0) is 19.8 Å². The highest BCUT2D eigenvalue weighted by molar-refractivity contribution is 5.41. The molecule has 19 heavy (non-hydrogen) atoms. The lowest BCUT2D eigenvalue weighted by molar-refractivity contribution is -0.138. The maximum absolute atomic E-state index is 12.9. The standard InChI is InChI=1S/C12H11F3N2O2/c1-17-6-9(5-16-17)19-11-3-2-8(7-18)4-10(11)12(13,14)15/h2-6,18H,7H2,1H3. The molecule has 0 aliphatic heterocycles. The minimum absolute atomic E-state index is 0.172. The van der Waals surface area contributed by atoms with Gasteiger partial charge in [-0.05, 0) is 17.7 Å². The fraction of sp³-hybridized carbons (Fsp3) is 0.250. The molecule has 7 heteroatoms. The first kappa shape index (κ1) is 13.4. The zero-order valence-corrected chi connectivity index (χ0v) is 9.98. The van der Waals surface area contributed by atoms with Gasteiger partial charge in [0.25, 0.3) is 0 Å². The summed E-state index contributed by atoms with van der Waals surface area (Å²) in [6.45, 7) is -0.462. The number of aliphatic hydroxyl groups excluding tert-OH is 1. The highest BCUT2D eigenvalue weighted by Gasteiger charge is 2.34. The number of nitrogens with zero attached hydrogens (tertiary/aromatic N) is 2. The molecule has 0 atom stereocenters. The molecular weight excluding hydrogens is 261 g/mol. The van der Waals surface area contributed by atoms with Gasteiger partial charge in [0.1, 0.15) is 5.75 Å². The zero-order chi connectivity index (χ0) is 14.0. The lowest BCUT2D eigenvalue weighted by Gasteiger charge is -2.13. The number of ether oxygens (including phenoxy) is 1. The number of hydrogen-bond acceptors (Lipinski definition) is 3. The Bertz CT molecular complexity index is 579. The number of hydrogen-bond donors (Lipinski definition) is 1. The molecule has 2 aromatic rings. The first-order valence-electron chi connectivity index (χ1n) is 5.37. The van der Waals surface area contributed by atoms with E-state index in [4.69, 9.17) is 9.84 Å². The Kier molecular flexibility index (Phi) is 3.48. The molecule has 0 saturated carbocycles. The lowest BCUT2D eigenvalue weighted by Crippen LogP contribution is -2.08. The van der Waals surface area contributed by atoms with E-state index in [0.29, 0.717) is 0 Å². The van der Waals surface area contributed by atoms with E-state index in [2.05, 4.69) is 5.10 Å². The van der Waals surface area contributed by atoms with E-state index in [0.717, 1.165) is 6.07 Å². The molecule has 1 heterocycles. The topological polar surface area (TPSA) is 47.3 Å². The molecule has 1 aromatic heterocycles. The number of aliphatic hydroxyl groups is 1. The van der Waals surface area contributed by atoms with Gasteiger partial charge in [-0.3, -0.25) is 4.68 Å². The summed E-state index contributed by atoms with van der Waals surface area (Å²) in [6, 6.07) is 3.42. The molecule has 0 fully saturated rings. The van der Waals surface area contributed by atoms with Crippen LogP contribution in [0.15, 0.2) is 30.6 Å². The second kappa shape index (κ2) is 4.93. The molecule has 0 spiro atoms. The molecule has 1 aromatic carbocycles. The van der Waals surface area contributed by atoms with Crippen molar-refractivity contribution in [3.63, 3.8) is 0 Å². The maximum Gasteiger partial charge on any atom is 0.419 e. The highest BCUT2D eigenvalue weighted by atomic mass is 19.4. The summed E-state index contributed by atoms with van der Waals surface area (Å²) in [5, 5.41) is 12.7. The molecule has 4 nitrogen and oxygen atoms in total. The largest absolute Gasteiger partial charge is 0.453 e. The second-order valence-electron chi connectivity index (χ2n) is 3.94. The molecule has 1 N–H and O–H groups in total. The fourth-order valence-electron chi connectivity index (χ4n) is 1.56. The van der Waals surface area contributed by atoms with E-state index in [-0.39, 0.29) is 17.1 Å². The van der Waals surface area contributed by atoms with Crippen LogP contribution in [0.2, 0.25) is 0 Å². The summed E-state index contributed by atoms with van der Waals surface area (Å²) in [5.74, 6) is -0.109. The Balaban J connectivity index is 2.39. The predicted molar refractivity (Wildman–Crippen MR) is 60.6 cm³/mol. The van der Waals surface area contributed by atoms with Crippen LogP contribution in [0.4, 0.5) is 13.2 Å². The van der Waals surface area contributed by atoms with Crippen molar-refractivity contribution in [1.82, 2.24) is 9.78 Å². The maximum atomic E-state index is 12.9. The molecule has 0 aliphatic carbocycles. The summed E-state index contributed by atoms with van der Waals surface area (Å²) >= 11 is 0. The third-order valence-electron chi connectivity index (χ3n) is 2.44. The molecule has 102 valence electrons. The molecule has 0 aliphatic rings. The van der Waals surface area contributed by atoms with Crippen molar-refractivity contribution in [2.75, 3.05) is 0 Å². The summed E-state index contributed by atoms with van der Waals surface area (Å²) < 4.78 is 45.3. The SMILES string of the molecule is Cn1cc(Oc2ccc(CO)cc2C(F)(F)F)cn1. The highest BCUT2D eigenvalue weighted by Crippen LogP contribution is 2.38. The van der Waals surface area contributed by atoms with Crippen molar-refractivity contribution < 1.29 is 23.0 Å². The molecular formula is C12H11F3N2O2. The van der Waals surface area contributed by atoms with Crippen LogP contribution in [0.3, 0.4) is 0 Å². The van der Waals surface area contributed by atoms with Gasteiger partial charge in [0.05, 0.1) is 24.6 Å². The molecule has 0 amide bonds. The van der Waals surface area contributed by atoms with Gasteiger partial charge >= 0.3 is 6.18 Å². The Hall–Kier alpha value is -2.02. The van der Waals surface area contributed by atoms with Gasteiger partial charge in [-0.25, -0.2) is 0 Å². The lowest BCUT2D eigenvalue weighted by atomic mass is 10.1. The van der Waals surface area contributed by atoms with Crippen LogP contribution < -0.4 is 4.74 Å². The number of alkyl halides is 3. The molecule has 0 saturated heterocycles. The van der Waals surface area contributed by atoms with Gasteiger partial charge in [-0.1, -0.05) is 6.07 Å². The quantitative estimate of drug-likeness (QED) is 0.934. The van der Waals surface area contributed by atoms with Crippen molar-refractivity contribution in [3.05, 3.63) is 41.7 Å². The minimum Gasteiger partial charge on any atom is -0.453 e. The first-order chi connectivity index (χ1) is 8.90. The van der Waals surface area contributed by atoms with Gasteiger partial charge in [0.2, 0.25) is 0 Å². The van der Waals surface area contributed by atoms with Crippen LogP contribution in [0.1, 0.15) is 11.1 Å². The van der Waals surface area contributed by atoms with Crippen molar-refractivity contribution in [3.8, 4) is 11.5 Å². The average molecular weight is 272 g/mol. The Labute approximate surface area is 107 Å². The predicted octanol–water partition coefficient (Wildman–Crippen LogP) is 2.72. The third-order valence-corrected chi connectivity index (χ3v) is 2.44. The van der Waals surface area contributed by atoms with E-state index >= 15 is 0 Å². The smallest absolute Gasteiger partial charge is 0.419 e. The van der Waals surface area contributed by atoms with Crippen molar-refractivity contribution in [1.29, 1.82) is 0 Å². The van der Waals surface area contributed by atoms with Gasteiger partial charge in [-0.15, -0.1) is 0 Å². The van der Waals surface area contributed by atoms with Crippen LogP contribution in [0.5, 0.6) is 11.5 Å². The number of halogens is 3. The van der Waals surface area contributed by atoms with E-state index < -0.39 is 18.3 Å². The average Bonchev–Trinajstić information content (AvgIpc) is 2.74.